The molecule has 0 spiro atoms. The van der Waals surface area contributed by atoms with Gasteiger partial charge in [0.15, 0.2) is 0 Å². The maximum absolute atomic E-state index is 6.38. The van der Waals surface area contributed by atoms with E-state index in [1.807, 2.05) is 0 Å². The van der Waals surface area contributed by atoms with Crippen molar-refractivity contribution in [2.24, 2.45) is 0 Å². The van der Waals surface area contributed by atoms with Crippen molar-refractivity contribution < 1.29 is 9.47 Å². The van der Waals surface area contributed by atoms with Gasteiger partial charge < -0.3 is 9.47 Å². The summed E-state index contributed by atoms with van der Waals surface area (Å²) in [6.07, 6.45) is 12.5. The van der Waals surface area contributed by atoms with Crippen LogP contribution < -0.4 is 9.47 Å². The number of fused-ring (bicyclic) bond motifs is 2. The van der Waals surface area contributed by atoms with E-state index in [4.69, 9.17) is 9.47 Å². The highest BCUT2D eigenvalue weighted by Gasteiger charge is 2.15. The van der Waals surface area contributed by atoms with Crippen molar-refractivity contribution >= 4 is 21.5 Å². The lowest BCUT2D eigenvalue weighted by Crippen LogP contribution is -2.02. The lowest BCUT2D eigenvalue weighted by molar-refractivity contribution is 0.306. The van der Waals surface area contributed by atoms with Crippen molar-refractivity contribution in [1.29, 1.82) is 0 Å². The average molecular weight is 407 g/mol. The molecule has 2 nitrogen and oxygen atoms in total. The molecule has 0 fully saturated rings. The van der Waals surface area contributed by atoms with Crippen LogP contribution in [0.4, 0.5) is 0 Å². The fourth-order valence-corrected chi connectivity index (χ4v) is 4.12. The van der Waals surface area contributed by atoms with Gasteiger partial charge in [-0.05, 0) is 12.8 Å². The van der Waals surface area contributed by atoms with E-state index in [1.165, 1.54) is 51.4 Å². The van der Waals surface area contributed by atoms with Gasteiger partial charge in [0.1, 0.15) is 11.5 Å². The van der Waals surface area contributed by atoms with E-state index in [1.54, 1.807) is 0 Å². The van der Waals surface area contributed by atoms with Crippen LogP contribution in [-0.2, 0) is 0 Å². The molecule has 162 valence electrons. The van der Waals surface area contributed by atoms with E-state index in [0.717, 1.165) is 59.1 Å². The van der Waals surface area contributed by atoms with Crippen LogP contribution >= 0.6 is 0 Å². The first-order valence-corrected chi connectivity index (χ1v) is 12.1. The first-order valence-electron chi connectivity index (χ1n) is 12.1. The van der Waals surface area contributed by atoms with Crippen LogP contribution in [0.15, 0.2) is 48.5 Å². The molecule has 0 aliphatic rings. The summed E-state index contributed by atoms with van der Waals surface area (Å²) in [7, 11) is 0. The van der Waals surface area contributed by atoms with Gasteiger partial charge in [0.05, 0.1) is 13.2 Å². The maximum Gasteiger partial charge on any atom is 0.135 e. The minimum Gasteiger partial charge on any atom is -0.492 e. The monoisotopic (exact) mass is 406 g/mol. The minimum atomic E-state index is 0.773. The van der Waals surface area contributed by atoms with Gasteiger partial charge in [-0.1, -0.05) is 114 Å². The van der Waals surface area contributed by atoms with Gasteiger partial charge in [-0.25, -0.2) is 0 Å². The molecule has 0 N–H and O–H groups in total. The van der Waals surface area contributed by atoms with Crippen LogP contribution in [0.3, 0.4) is 0 Å². The largest absolute Gasteiger partial charge is 0.492 e. The predicted molar refractivity (Wildman–Crippen MR) is 130 cm³/mol. The Morgan fingerprint density at radius 2 is 0.800 bits per heavy atom. The molecule has 2 heteroatoms. The summed E-state index contributed by atoms with van der Waals surface area (Å²) in [4.78, 5) is 0. The van der Waals surface area contributed by atoms with Crippen LogP contribution in [0.5, 0.6) is 11.5 Å². The highest BCUT2D eigenvalue weighted by atomic mass is 16.5. The number of benzene rings is 3. The van der Waals surface area contributed by atoms with E-state index in [2.05, 4.69) is 62.4 Å². The normalized spacial score (nSPS) is 11.3. The predicted octanol–water partition coefficient (Wildman–Crippen LogP) is 8.69. The molecule has 0 unspecified atom stereocenters. The van der Waals surface area contributed by atoms with Gasteiger partial charge in [-0.3, -0.25) is 0 Å². The first kappa shape index (κ1) is 22.5. The SMILES string of the molecule is CCCCCCCOc1c2ccccc2c(OCCCCCCC)c2ccccc12. The van der Waals surface area contributed by atoms with Gasteiger partial charge >= 0.3 is 0 Å². The Hall–Kier alpha value is -2.22. The van der Waals surface area contributed by atoms with Gasteiger partial charge in [0, 0.05) is 21.5 Å². The smallest absolute Gasteiger partial charge is 0.135 e. The highest BCUT2D eigenvalue weighted by molar-refractivity contribution is 6.11. The molecule has 0 bridgehead atoms. The Morgan fingerprint density at radius 1 is 0.467 bits per heavy atom. The second kappa shape index (κ2) is 12.5. The number of hydrogen-bond donors (Lipinski definition) is 0. The van der Waals surface area contributed by atoms with E-state index in [0.29, 0.717) is 0 Å². The van der Waals surface area contributed by atoms with Gasteiger partial charge in [-0.15, -0.1) is 0 Å². The number of unbranched alkanes of at least 4 members (excludes halogenated alkanes) is 8. The summed E-state index contributed by atoms with van der Waals surface area (Å²) < 4.78 is 12.8. The first-order chi connectivity index (χ1) is 14.9. The van der Waals surface area contributed by atoms with E-state index < -0.39 is 0 Å². The van der Waals surface area contributed by atoms with Gasteiger partial charge in [-0.2, -0.15) is 0 Å². The third kappa shape index (κ3) is 5.90. The number of hydrogen-bond acceptors (Lipinski definition) is 2. The van der Waals surface area contributed by atoms with Gasteiger partial charge in [0.25, 0.3) is 0 Å². The lowest BCUT2D eigenvalue weighted by Gasteiger charge is -2.18. The van der Waals surface area contributed by atoms with E-state index in [9.17, 15) is 0 Å². The summed E-state index contributed by atoms with van der Waals surface area (Å²) in [6.45, 7) is 6.05. The Labute approximate surface area is 182 Å². The fourth-order valence-electron chi connectivity index (χ4n) is 4.12. The quantitative estimate of drug-likeness (QED) is 0.197. The number of rotatable bonds is 14. The third-order valence-electron chi connectivity index (χ3n) is 5.82. The van der Waals surface area contributed by atoms with Crippen LogP contribution in [0.25, 0.3) is 21.5 Å². The molecule has 3 rings (SSSR count). The Morgan fingerprint density at radius 3 is 1.13 bits per heavy atom. The van der Waals surface area contributed by atoms with Crippen molar-refractivity contribution in [3.63, 3.8) is 0 Å². The molecular weight excluding hydrogens is 368 g/mol. The fraction of sp³-hybridized carbons (Fsp3) is 0.500. The summed E-state index contributed by atoms with van der Waals surface area (Å²) in [6, 6.07) is 17.1. The Bertz CT molecular complexity index is 769. The van der Waals surface area contributed by atoms with Crippen molar-refractivity contribution in [2.45, 2.75) is 78.1 Å². The molecule has 0 amide bonds. The Kier molecular flexibility index (Phi) is 9.34. The van der Waals surface area contributed by atoms with Gasteiger partial charge in [0.2, 0.25) is 0 Å². The van der Waals surface area contributed by atoms with Crippen LogP contribution in [0.2, 0.25) is 0 Å². The summed E-state index contributed by atoms with van der Waals surface area (Å²) in [5, 5.41) is 4.63. The van der Waals surface area contributed by atoms with Crippen molar-refractivity contribution in [3.05, 3.63) is 48.5 Å². The molecule has 0 atom stereocenters. The molecule has 0 radical (unpaired) electrons. The zero-order valence-electron chi connectivity index (χ0n) is 18.9. The summed E-state index contributed by atoms with van der Waals surface area (Å²) >= 11 is 0. The minimum absolute atomic E-state index is 0.773. The van der Waals surface area contributed by atoms with Crippen LogP contribution in [0, 0.1) is 0 Å². The van der Waals surface area contributed by atoms with Crippen molar-refractivity contribution in [3.8, 4) is 11.5 Å². The summed E-state index contributed by atoms with van der Waals surface area (Å²) in [5.41, 5.74) is 0. The van der Waals surface area contributed by atoms with E-state index in [-0.39, 0.29) is 0 Å². The molecule has 3 aromatic carbocycles. The molecule has 3 aromatic rings. The second-order valence-electron chi connectivity index (χ2n) is 8.27. The molecule has 0 saturated heterocycles. The highest BCUT2D eigenvalue weighted by Crippen LogP contribution is 2.42. The summed E-state index contributed by atoms with van der Waals surface area (Å²) in [5.74, 6) is 2.01. The molecule has 0 aromatic heterocycles. The molecule has 0 heterocycles. The molecule has 0 aliphatic carbocycles. The topological polar surface area (TPSA) is 18.5 Å². The molecule has 0 saturated carbocycles. The van der Waals surface area contributed by atoms with E-state index >= 15 is 0 Å². The second-order valence-corrected chi connectivity index (χ2v) is 8.27. The van der Waals surface area contributed by atoms with Crippen molar-refractivity contribution in [2.75, 3.05) is 13.2 Å². The van der Waals surface area contributed by atoms with Crippen LogP contribution in [0.1, 0.15) is 78.1 Å². The molecule has 30 heavy (non-hydrogen) atoms. The molecule has 0 aliphatic heterocycles. The van der Waals surface area contributed by atoms with Crippen molar-refractivity contribution in [1.82, 2.24) is 0 Å². The lowest BCUT2D eigenvalue weighted by atomic mass is 10.0. The standard InChI is InChI=1S/C28H38O2/c1-3-5-7-9-15-21-29-27-23-17-11-13-19-25(23)28(26-20-14-12-18-24(26)27)30-22-16-10-8-6-4-2/h11-14,17-20H,3-10,15-16,21-22H2,1-2H3. The zero-order chi connectivity index (χ0) is 21.0. The zero-order valence-corrected chi connectivity index (χ0v) is 18.9. The number of ether oxygens (including phenoxy) is 2. The molecular formula is C28H38O2. The average Bonchev–Trinajstić information content (AvgIpc) is 2.79. The third-order valence-corrected chi connectivity index (χ3v) is 5.82. The Balaban J connectivity index is 1.81. The maximum atomic E-state index is 6.38. The van der Waals surface area contributed by atoms with Crippen LogP contribution in [-0.4, -0.2) is 13.2 Å².